The van der Waals surface area contributed by atoms with Gasteiger partial charge in [-0.1, -0.05) is 17.7 Å². The molecular weight excluding hydrogens is 401 g/mol. The third kappa shape index (κ3) is 7.49. The van der Waals surface area contributed by atoms with Crippen molar-refractivity contribution in [3.05, 3.63) is 34.6 Å². The number of aliphatic hydroxyl groups excluding tert-OH is 1. The highest BCUT2D eigenvalue weighted by atomic mass is 35.5. The molecule has 0 bridgehead atoms. The molecule has 1 aromatic rings. The smallest absolute Gasteiger partial charge is 0.410 e. The van der Waals surface area contributed by atoms with Crippen LogP contribution in [0.1, 0.15) is 46.1 Å². The van der Waals surface area contributed by atoms with E-state index in [-0.39, 0.29) is 17.9 Å². The summed E-state index contributed by atoms with van der Waals surface area (Å²) in [7, 11) is 0. The Bertz CT molecular complexity index is 727. The molecule has 0 aromatic heterocycles. The van der Waals surface area contributed by atoms with Gasteiger partial charge in [0.15, 0.2) is 17.9 Å². The Morgan fingerprint density at radius 1 is 1.38 bits per heavy atom. The first kappa shape index (κ1) is 23.4. The van der Waals surface area contributed by atoms with Crippen molar-refractivity contribution in [2.24, 2.45) is 0 Å². The fourth-order valence-corrected chi connectivity index (χ4v) is 3.05. The number of ether oxygens (including phenoxy) is 3. The molecule has 2 rings (SSSR count). The van der Waals surface area contributed by atoms with Gasteiger partial charge in [-0.3, -0.25) is 0 Å². The van der Waals surface area contributed by atoms with Gasteiger partial charge in [-0.15, -0.1) is 0 Å². The second-order valence-corrected chi connectivity index (χ2v) is 8.20. The maximum Gasteiger partial charge on any atom is 0.410 e. The minimum Gasteiger partial charge on any atom is -0.487 e. The highest BCUT2D eigenvalue weighted by Gasteiger charge is 2.28. The maximum atomic E-state index is 14.5. The number of hydrogen-bond donors (Lipinski definition) is 1. The van der Waals surface area contributed by atoms with Crippen LogP contribution < -0.4 is 4.74 Å². The molecule has 8 heteroatoms. The fourth-order valence-electron chi connectivity index (χ4n) is 2.84. The molecule has 162 valence electrons. The third-order valence-corrected chi connectivity index (χ3v) is 4.54. The van der Waals surface area contributed by atoms with E-state index in [0.717, 1.165) is 0 Å². The monoisotopic (exact) mass is 429 g/mol. The van der Waals surface area contributed by atoms with Gasteiger partial charge in [-0.05, 0) is 45.4 Å². The van der Waals surface area contributed by atoms with Crippen LogP contribution in [0.2, 0.25) is 5.02 Å². The summed E-state index contributed by atoms with van der Waals surface area (Å²) >= 11 is 6.22. The molecule has 0 spiro atoms. The van der Waals surface area contributed by atoms with Crippen LogP contribution in [0.4, 0.5) is 9.18 Å². The van der Waals surface area contributed by atoms with E-state index in [1.165, 1.54) is 24.3 Å². The summed E-state index contributed by atoms with van der Waals surface area (Å²) in [4.78, 5) is 13.7. The van der Waals surface area contributed by atoms with E-state index in [9.17, 15) is 14.3 Å². The Morgan fingerprint density at radius 2 is 2.03 bits per heavy atom. The topological polar surface area (TPSA) is 68.2 Å². The van der Waals surface area contributed by atoms with Gasteiger partial charge in [0.25, 0.3) is 0 Å². The quantitative estimate of drug-likeness (QED) is 0.668. The molecule has 1 aliphatic heterocycles. The second-order valence-electron chi connectivity index (χ2n) is 7.79. The molecule has 0 saturated carbocycles. The molecule has 1 saturated heterocycles. The van der Waals surface area contributed by atoms with Crippen LogP contribution in [-0.2, 0) is 9.47 Å². The first-order valence-corrected chi connectivity index (χ1v) is 10.1. The lowest BCUT2D eigenvalue weighted by molar-refractivity contribution is -0.0581. The average molecular weight is 430 g/mol. The summed E-state index contributed by atoms with van der Waals surface area (Å²) < 4.78 is 30.6. The van der Waals surface area contributed by atoms with Crippen LogP contribution in [0.5, 0.6) is 5.75 Å². The average Bonchev–Trinajstić information content (AvgIpc) is 2.62. The Kier molecular flexibility index (Phi) is 8.31. The number of halogens is 2. The number of aliphatic hydroxyl groups is 1. The Hall–Kier alpha value is -1.83. The van der Waals surface area contributed by atoms with E-state index in [1.54, 1.807) is 11.8 Å². The predicted molar refractivity (Wildman–Crippen MR) is 110 cm³/mol. The van der Waals surface area contributed by atoms with Gasteiger partial charge in [0.1, 0.15) is 11.7 Å². The lowest BCUT2D eigenvalue weighted by Gasteiger charge is -2.33. The summed E-state index contributed by atoms with van der Waals surface area (Å²) in [5.74, 6) is -0.484. The summed E-state index contributed by atoms with van der Waals surface area (Å²) in [5.41, 5.74) is -0.130. The summed E-state index contributed by atoms with van der Waals surface area (Å²) in [6.07, 6.45) is 2.37. The van der Waals surface area contributed by atoms with Gasteiger partial charge in [0, 0.05) is 38.6 Å². The minimum atomic E-state index is -1.08. The third-order valence-electron chi connectivity index (χ3n) is 4.22. The zero-order valence-electron chi connectivity index (χ0n) is 17.3. The summed E-state index contributed by atoms with van der Waals surface area (Å²) in [5, 5.41) is 9.86. The molecule has 1 atom stereocenters. The van der Waals surface area contributed by atoms with Crippen LogP contribution in [0, 0.1) is 5.82 Å². The number of hydrogen-bond acceptors (Lipinski definition) is 5. The van der Waals surface area contributed by atoms with E-state index < -0.39 is 17.7 Å². The standard InChI is InChI=1S/C21H29ClFNO5/c1-5-27-19(25)7-6-14-12-17(23)18(13-16(14)22)28-15-8-10-24(11-9-15)20(26)29-21(2,3)4/h6-7,12-13,15,19,25H,5,8-11H2,1-4H3/b7-6+. The molecule has 1 aliphatic rings. The Morgan fingerprint density at radius 3 is 2.62 bits per heavy atom. The Balaban J connectivity index is 1.94. The van der Waals surface area contributed by atoms with Gasteiger partial charge in [-0.2, -0.15) is 0 Å². The van der Waals surface area contributed by atoms with Gasteiger partial charge in [0.2, 0.25) is 0 Å². The van der Waals surface area contributed by atoms with Crippen LogP contribution in [0.25, 0.3) is 6.08 Å². The molecule has 29 heavy (non-hydrogen) atoms. The number of amides is 1. The first-order valence-electron chi connectivity index (χ1n) is 9.70. The molecule has 6 nitrogen and oxygen atoms in total. The van der Waals surface area contributed by atoms with Crippen molar-refractivity contribution in [2.45, 2.75) is 58.5 Å². The zero-order chi connectivity index (χ0) is 21.6. The highest BCUT2D eigenvalue weighted by Crippen LogP contribution is 2.29. The van der Waals surface area contributed by atoms with E-state index in [4.69, 9.17) is 25.8 Å². The SMILES string of the molecule is CCOC(O)/C=C/c1cc(F)c(OC2CCN(C(=O)OC(C)(C)C)CC2)cc1Cl. The van der Waals surface area contributed by atoms with Crippen LogP contribution in [0.3, 0.4) is 0 Å². The van der Waals surface area contributed by atoms with Gasteiger partial charge in [-0.25, -0.2) is 9.18 Å². The van der Waals surface area contributed by atoms with Crippen molar-refractivity contribution in [1.82, 2.24) is 4.90 Å². The first-order chi connectivity index (χ1) is 13.6. The molecule has 1 fully saturated rings. The molecule has 1 N–H and O–H groups in total. The van der Waals surface area contributed by atoms with Crippen molar-refractivity contribution in [3.8, 4) is 5.75 Å². The van der Waals surface area contributed by atoms with Gasteiger partial charge < -0.3 is 24.2 Å². The van der Waals surface area contributed by atoms with E-state index >= 15 is 0 Å². The van der Waals surface area contributed by atoms with Crippen molar-refractivity contribution in [2.75, 3.05) is 19.7 Å². The largest absolute Gasteiger partial charge is 0.487 e. The summed E-state index contributed by atoms with van der Waals surface area (Å²) in [6, 6.07) is 2.67. The zero-order valence-corrected chi connectivity index (χ0v) is 18.0. The van der Waals surface area contributed by atoms with Crippen LogP contribution in [-0.4, -0.2) is 53.8 Å². The van der Waals surface area contributed by atoms with Crippen molar-refractivity contribution in [3.63, 3.8) is 0 Å². The fraction of sp³-hybridized carbons (Fsp3) is 0.571. The maximum absolute atomic E-state index is 14.5. The number of nitrogens with zero attached hydrogens (tertiary/aromatic N) is 1. The van der Waals surface area contributed by atoms with E-state index in [2.05, 4.69) is 0 Å². The normalized spacial score (nSPS) is 16.9. The van der Waals surface area contributed by atoms with Gasteiger partial charge in [0.05, 0.1) is 5.02 Å². The number of benzene rings is 1. The molecule has 1 amide bonds. The molecule has 0 radical (unpaired) electrons. The second kappa shape index (κ2) is 10.3. The van der Waals surface area contributed by atoms with E-state index in [1.807, 2.05) is 20.8 Å². The number of carbonyl (C=O) groups excluding carboxylic acids is 1. The van der Waals surface area contributed by atoms with Crippen LogP contribution in [0.15, 0.2) is 18.2 Å². The molecule has 1 aromatic carbocycles. The number of likely N-dealkylation sites (tertiary alicyclic amines) is 1. The van der Waals surface area contributed by atoms with E-state index in [0.29, 0.717) is 43.1 Å². The number of piperidine rings is 1. The molecular formula is C21H29ClFNO5. The number of rotatable bonds is 6. The lowest BCUT2D eigenvalue weighted by Crippen LogP contribution is -2.44. The molecule has 0 aliphatic carbocycles. The molecule has 1 unspecified atom stereocenters. The van der Waals surface area contributed by atoms with Crippen LogP contribution >= 0.6 is 11.6 Å². The highest BCUT2D eigenvalue weighted by molar-refractivity contribution is 6.32. The minimum absolute atomic E-state index is 0.0632. The van der Waals surface area contributed by atoms with Crippen molar-refractivity contribution >= 4 is 23.8 Å². The lowest BCUT2D eigenvalue weighted by atomic mass is 10.1. The Labute approximate surface area is 176 Å². The number of carbonyl (C=O) groups is 1. The summed E-state index contributed by atoms with van der Waals surface area (Å²) in [6.45, 7) is 8.54. The molecule has 1 heterocycles. The van der Waals surface area contributed by atoms with Gasteiger partial charge >= 0.3 is 6.09 Å². The predicted octanol–water partition coefficient (Wildman–Crippen LogP) is 4.63. The van der Waals surface area contributed by atoms with Crippen molar-refractivity contribution in [1.29, 1.82) is 0 Å². The van der Waals surface area contributed by atoms with Crippen molar-refractivity contribution < 1.29 is 28.5 Å².